The fourth-order valence-electron chi connectivity index (χ4n) is 3.17. The Balaban J connectivity index is 2.80. The maximum absolute atomic E-state index is 12.6. The molecule has 0 aromatic rings. The number of aliphatic carboxylic acids is 1. The van der Waals surface area contributed by atoms with E-state index >= 15 is 0 Å². The summed E-state index contributed by atoms with van der Waals surface area (Å²) in [7, 11) is 0. The van der Waals surface area contributed by atoms with Crippen molar-refractivity contribution in [1.82, 2.24) is 4.90 Å². The zero-order valence-electron chi connectivity index (χ0n) is 13.3. The smallest absolute Gasteiger partial charge is 0.310 e. The second kappa shape index (κ2) is 8.37. The number of carboxylic acid groups (broad SMARTS) is 1. The molecule has 0 atom stereocenters. The normalized spacial score (nSPS) is 18.3. The Kier molecular flexibility index (Phi) is 7.15. The summed E-state index contributed by atoms with van der Waals surface area (Å²) in [6.45, 7) is 4.38. The van der Waals surface area contributed by atoms with E-state index in [9.17, 15) is 14.7 Å². The average Bonchev–Trinajstić information content (AvgIpc) is 2.65. The van der Waals surface area contributed by atoms with Crippen LogP contribution in [-0.4, -0.2) is 46.2 Å². The summed E-state index contributed by atoms with van der Waals surface area (Å²) in [5.41, 5.74) is -0.889. The molecule has 1 saturated carbocycles. The topological polar surface area (TPSA) is 77.8 Å². The van der Waals surface area contributed by atoms with Crippen molar-refractivity contribution in [1.29, 1.82) is 0 Å². The third kappa shape index (κ3) is 4.99. The lowest BCUT2D eigenvalue weighted by molar-refractivity contribution is -0.155. The predicted molar refractivity (Wildman–Crippen MR) is 80.9 cm³/mol. The molecule has 0 aromatic heterocycles. The molecule has 1 amide bonds. The largest absolute Gasteiger partial charge is 0.481 e. The van der Waals surface area contributed by atoms with Gasteiger partial charge in [-0.05, 0) is 33.1 Å². The minimum atomic E-state index is -0.889. The lowest BCUT2D eigenvalue weighted by Crippen LogP contribution is -2.43. The molecule has 0 aliphatic heterocycles. The Morgan fingerprint density at radius 3 is 2.14 bits per heavy atom. The fraction of sp³-hybridized carbons (Fsp3) is 0.875. The van der Waals surface area contributed by atoms with Crippen molar-refractivity contribution < 1.29 is 19.8 Å². The van der Waals surface area contributed by atoms with Crippen molar-refractivity contribution in [3.8, 4) is 0 Å². The zero-order valence-corrected chi connectivity index (χ0v) is 13.3. The summed E-state index contributed by atoms with van der Waals surface area (Å²) in [5, 5.41) is 18.6. The van der Waals surface area contributed by atoms with Crippen molar-refractivity contribution >= 4 is 11.9 Å². The number of amides is 1. The van der Waals surface area contributed by atoms with Gasteiger partial charge >= 0.3 is 5.97 Å². The third-order valence-electron chi connectivity index (χ3n) is 4.50. The molecule has 21 heavy (non-hydrogen) atoms. The SMILES string of the molecule is CC(C)N(CCCO)C(=O)CC1(C(=O)O)CCCCCC1. The van der Waals surface area contributed by atoms with Gasteiger partial charge in [-0.15, -0.1) is 0 Å². The Labute approximate surface area is 127 Å². The first-order valence-electron chi connectivity index (χ1n) is 8.07. The predicted octanol–water partition coefficient (Wildman–Crippen LogP) is 2.42. The first-order valence-corrected chi connectivity index (χ1v) is 8.07. The summed E-state index contributed by atoms with van der Waals surface area (Å²) in [5.74, 6) is -0.925. The van der Waals surface area contributed by atoms with Crippen LogP contribution in [0.25, 0.3) is 0 Å². The summed E-state index contributed by atoms with van der Waals surface area (Å²) in [6, 6.07) is 0.0284. The van der Waals surface area contributed by atoms with Gasteiger partial charge < -0.3 is 15.1 Å². The summed E-state index contributed by atoms with van der Waals surface area (Å²) >= 11 is 0. The Hall–Kier alpha value is -1.10. The standard InChI is InChI=1S/C16H29NO4/c1-13(2)17(10-7-11-18)14(19)12-16(15(20)21)8-5-3-4-6-9-16/h13,18H,3-12H2,1-2H3,(H,20,21). The second-order valence-electron chi connectivity index (χ2n) is 6.43. The number of carbonyl (C=O) groups excluding carboxylic acids is 1. The van der Waals surface area contributed by atoms with Crippen LogP contribution in [0.1, 0.15) is 65.2 Å². The quantitative estimate of drug-likeness (QED) is 0.708. The van der Waals surface area contributed by atoms with E-state index in [1.54, 1.807) is 4.90 Å². The van der Waals surface area contributed by atoms with Gasteiger partial charge in [-0.25, -0.2) is 0 Å². The van der Waals surface area contributed by atoms with E-state index in [1.165, 1.54) is 0 Å². The van der Waals surface area contributed by atoms with Gasteiger partial charge in [0.2, 0.25) is 5.91 Å². The summed E-state index contributed by atoms with van der Waals surface area (Å²) < 4.78 is 0. The maximum Gasteiger partial charge on any atom is 0.310 e. The molecule has 0 radical (unpaired) electrons. The molecule has 1 rings (SSSR count). The van der Waals surface area contributed by atoms with Gasteiger partial charge in [-0.2, -0.15) is 0 Å². The number of hydrogen-bond donors (Lipinski definition) is 2. The number of carbonyl (C=O) groups is 2. The van der Waals surface area contributed by atoms with Gasteiger partial charge in [-0.1, -0.05) is 25.7 Å². The van der Waals surface area contributed by atoms with Crippen LogP contribution in [0.15, 0.2) is 0 Å². The third-order valence-corrected chi connectivity index (χ3v) is 4.50. The van der Waals surface area contributed by atoms with Crippen molar-refractivity contribution in [3.63, 3.8) is 0 Å². The van der Waals surface area contributed by atoms with Crippen molar-refractivity contribution in [2.75, 3.05) is 13.2 Å². The molecule has 0 heterocycles. The van der Waals surface area contributed by atoms with Crippen LogP contribution >= 0.6 is 0 Å². The van der Waals surface area contributed by atoms with E-state index in [-0.39, 0.29) is 25.0 Å². The molecule has 5 nitrogen and oxygen atoms in total. The molecule has 1 aliphatic rings. The summed E-state index contributed by atoms with van der Waals surface area (Å²) in [6.07, 6.45) is 5.70. The van der Waals surface area contributed by atoms with Gasteiger partial charge in [0.15, 0.2) is 0 Å². The molecular formula is C16H29NO4. The first-order chi connectivity index (χ1) is 9.93. The highest BCUT2D eigenvalue weighted by molar-refractivity contribution is 5.85. The highest BCUT2D eigenvalue weighted by atomic mass is 16.4. The first kappa shape index (κ1) is 18.0. The molecular weight excluding hydrogens is 270 g/mol. The minimum absolute atomic E-state index is 0.0284. The molecule has 0 aromatic carbocycles. The van der Waals surface area contributed by atoms with Crippen LogP contribution in [0, 0.1) is 5.41 Å². The van der Waals surface area contributed by atoms with Gasteiger partial charge in [-0.3, -0.25) is 9.59 Å². The number of carboxylic acids is 1. The molecule has 1 aliphatic carbocycles. The molecule has 122 valence electrons. The van der Waals surface area contributed by atoms with Crippen LogP contribution < -0.4 is 0 Å². The maximum atomic E-state index is 12.6. The van der Waals surface area contributed by atoms with E-state index in [0.29, 0.717) is 25.8 Å². The van der Waals surface area contributed by atoms with Crippen molar-refractivity contribution in [2.45, 2.75) is 71.3 Å². The monoisotopic (exact) mass is 299 g/mol. The summed E-state index contributed by atoms with van der Waals surface area (Å²) in [4.78, 5) is 26.0. The molecule has 0 bridgehead atoms. The zero-order chi connectivity index (χ0) is 15.9. The van der Waals surface area contributed by atoms with Crippen LogP contribution in [0.4, 0.5) is 0 Å². The van der Waals surface area contributed by atoms with Crippen molar-refractivity contribution in [2.24, 2.45) is 5.41 Å². The number of aliphatic hydroxyl groups excluding tert-OH is 1. The molecule has 2 N–H and O–H groups in total. The molecule has 0 spiro atoms. The number of aliphatic hydroxyl groups is 1. The fourth-order valence-corrected chi connectivity index (χ4v) is 3.17. The van der Waals surface area contributed by atoms with Gasteiger partial charge in [0.25, 0.3) is 0 Å². The number of hydrogen-bond acceptors (Lipinski definition) is 3. The Bertz CT molecular complexity index is 346. The van der Waals surface area contributed by atoms with E-state index in [4.69, 9.17) is 5.11 Å². The molecule has 5 heteroatoms. The van der Waals surface area contributed by atoms with E-state index < -0.39 is 11.4 Å². The highest BCUT2D eigenvalue weighted by Gasteiger charge is 2.41. The van der Waals surface area contributed by atoms with E-state index in [0.717, 1.165) is 25.7 Å². The van der Waals surface area contributed by atoms with E-state index in [1.807, 2.05) is 13.8 Å². The van der Waals surface area contributed by atoms with Gasteiger partial charge in [0.05, 0.1) is 5.41 Å². The van der Waals surface area contributed by atoms with Crippen molar-refractivity contribution in [3.05, 3.63) is 0 Å². The van der Waals surface area contributed by atoms with E-state index in [2.05, 4.69) is 0 Å². The average molecular weight is 299 g/mol. The minimum Gasteiger partial charge on any atom is -0.481 e. The Morgan fingerprint density at radius 2 is 1.71 bits per heavy atom. The Morgan fingerprint density at radius 1 is 1.14 bits per heavy atom. The highest BCUT2D eigenvalue weighted by Crippen LogP contribution is 2.39. The van der Waals surface area contributed by atoms with Crippen LogP contribution in [-0.2, 0) is 9.59 Å². The van der Waals surface area contributed by atoms with Crippen LogP contribution in [0.5, 0.6) is 0 Å². The second-order valence-corrected chi connectivity index (χ2v) is 6.43. The van der Waals surface area contributed by atoms with Crippen LogP contribution in [0.3, 0.4) is 0 Å². The van der Waals surface area contributed by atoms with Crippen LogP contribution in [0.2, 0.25) is 0 Å². The molecule has 0 unspecified atom stereocenters. The lowest BCUT2D eigenvalue weighted by atomic mass is 9.77. The molecule has 1 fully saturated rings. The number of nitrogens with zero attached hydrogens (tertiary/aromatic N) is 1. The molecule has 0 saturated heterocycles. The number of rotatable bonds is 7. The lowest BCUT2D eigenvalue weighted by Gasteiger charge is -2.33. The van der Waals surface area contributed by atoms with Gasteiger partial charge in [0.1, 0.15) is 0 Å². The van der Waals surface area contributed by atoms with Gasteiger partial charge in [0, 0.05) is 25.6 Å².